The first-order chi connectivity index (χ1) is 10.4. The van der Waals surface area contributed by atoms with Crippen molar-refractivity contribution in [1.82, 2.24) is 15.3 Å². The maximum atomic E-state index is 12.0. The molecule has 22 heavy (non-hydrogen) atoms. The van der Waals surface area contributed by atoms with Crippen LogP contribution in [-0.2, 0) is 0 Å². The zero-order valence-electron chi connectivity index (χ0n) is 13.2. The van der Waals surface area contributed by atoms with Crippen molar-refractivity contribution in [2.24, 2.45) is 0 Å². The van der Waals surface area contributed by atoms with E-state index < -0.39 is 0 Å². The molecule has 0 atom stereocenters. The van der Waals surface area contributed by atoms with Crippen LogP contribution in [0.15, 0.2) is 36.7 Å². The zero-order chi connectivity index (χ0) is 16.2. The van der Waals surface area contributed by atoms with Gasteiger partial charge in [-0.1, -0.05) is 6.07 Å². The van der Waals surface area contributed by atoms with Crippen LogP contribution in [0.2, 0.25) is 0 Å². The van der Waals surface area contributed by atoms with Crippen molar-refractivity contribution in [3.63, 3.8) is 0 Å². The molecule has 0 saturated heterocycles. The molecule has 0 fully saturated rings. The number of benzene rings is 1. The number of hydrogen-bond donors (Lipinski definition) is 2. The number of methoxy groups -OCH3 is 1. The first kappa shape index (κ1) is 15.8. The Morgan fingerprint density at radius 2 is 1.86 bits per heavy atom. The van der Waals surface area contributed by atoms with Crippen molar-refractivity contribution in [3.8, 4) is 5.75 Å². The van der Waals surface area contributed by atoms with E-state index in [4.69, 9.17) is 4.74 Å². The minimum absolute atomic E-state index is 0.194. The molecule has 1 aromatic heterocycles. The van der Waals surface area contributed by atoms with Gasteiger partial charge >= 0.3 is 0 Å². The predicted octanol–water partition coefficient (Wildman–Crippen LogP) is 2.76. The van der Waals surface area contributed by atoms with Crippen molar-refractivity contribution in [1.29, 1.82) is 0 Å². The summed E-state index contributed by atoms with van der Waals surface area (Å²) in [5, 5.41) is 5.92. The molecule has 1 heterocycles. The second kappa shape index (κ2) is 6.43. The second-order valence-electron chi connectivity index (χ2n) is 5.86. The highest BCUT2D eigenvalue weighted by atomic mass is 16.5. The van der Waals surface area contributed by atoms with Gasteiger partial charge in [-0.15, -0.1) is 0 Å². The van der Waals surface area contributed by atoms with Crippen LogP contribution in [0.3, 0.4) is 0 Å². The summed E-state index contributed by atoms with van der Waals surface area (Å²) in [6.07, 6.45) is 2.99. The summed E-state index contributed by atoms with van der Waals surface area (Å²) >= 11 is 0. The molecule has 0 saturated carbocycles. The van der Waals surface area contributed by atoms with E-state index in [2.05, 4.69) is 20.6 Å². The van der Waals surface area contributed by atoms with Crippen LogP contribution in [0.1, 0.15) is 31.1 Å². The van der Waals surface area contributed by atoms with Gasteiger partial charge in [0.05, 0.1) is 12.7 Å². The van der Waals surface area contributed by atoms with Crippen molar-refractivity contribution in [2.45, 2.75) is 26.3 Å². The molecule has 2 rings (SSSR count). The van der Waals surface area contributed by atoms with Crippen LogP contribution in [0.25, 0.3) is 0 Å². The smallest absolute Gasteiger partial charge is 0.254 e. The number of nitrogens with one attached hydrogen (secondary N) is 2. The molecule has 1 aromatic carbocycles. The quantitative estimate of drug-likeness (QED) is 0.908. The van der Waals surface area contributed by atoms with Gasteiger partial charge in [0.15, 0.2) is 0 Å². The summed E-state index contributed by atoms with van der Waals surface area (Å²) in [6.45, 7) is 5.76. The highest BCUT2D eigenvalue weighted by molar-refractivity contribution is 5.94. The highest BCUT2D eigenvalue weighted by Gasteiger charge is 2.15. The maximum Gasteiger partial charge on any atom is 0.254 e. The molecular weight excluding hydrogens is 280 g/mol. The topological polar surface area (TPSA) is 76.1 Å². The normalized spacial score (nSPS) is 10.9. The minimum Gasteiger partial charge on any atom is -0.497 e. The average molecular weight is 300 g/mol. The van der Waals surface area contributed by atoms with Gasteiger partial charge in [-0.25, -0.2) is 9.97 Å². The molecule has 116 valence electrons. The van der Waals surface area contributed by atoms with Gasteiger partial charge in [-0.2, -0.15) is 0 Å². The Hall–Kier alpha value is -2.63. The third kappa shape index (κ3) is 4.44. The van der Waals surface area contributed by atoms with Crippen molar-refractivity contribution in [3.05, 3.63) is 42.2 Å². The molecule has 6 heteroatoms. The molecule has 0 radical (unpaired) electrons. The lowest BCUT2D eigenvalue weighted by atomic mass is 10.1. The number of anilines is 2. The number of carbonyl (C=O) groups is 1. The van der Waals surface area contributed by atoms with E-state index in [-0.39, 0.29) is 11.4 Å². The number of nitrogens with zero attached hydrogens (tertiary/aromatic N) is 2. The molecule has 0 spiro atoms. The third-order valence-corrected chi connectivity index (χ3v) is 2.73. The van der Waals surface area contributed by atoms with Gasteiger partial charge in [0.1, 0.15) is 5.75 Å². The monoisotopic (exact) mass is 300 g/mol. The Balaban J connectivity index is 2.07. The van der Waals surface area contributed by atoms with Crippen molar-refractivity contribution in [2.75, 3.05) is 12.4 Å². The van der Waals surface area contributed by atoms with Crippen molar-refractivity contribution < 1.29 is 9.53 Å². The second-order valence-corrected chi connectivity index (χ2v) is 5.86. The van der Waals surface area contributed by atoms with E-state index >= 15 is 0 Å². The fraction of sp³-hybridized carbons (Fsp3) is 0.312. The maximum absolute atomic E-state index is 12.0. The lowest BCUT2D eigenvalue weighted by Gasteiger charge is -2.20. The average Bonchev–Trinajstić information content (AvgIpc) is 2.46. The number of rotatable bonds is 4. The zero-order valence-corrected chi connectivity index (χ0v) is 13.2. The van der Waals surface area contributed by atoms with Crippen molar-refractivity contribution >= 4 is 17.5 Å². The fourth-order valence-electron chi connectivity index (χ4n) is 1.75. The highest BCUT2D eigenvalue weighted by Crippen LogP contribution is 2.19. The summed E-state index contributed by atoms with van der Waals surface area (Å²) < 4.78 is 5.16. The third-order valence-electron chi connectivity index (χ3n) is 2.73. The van der Waals surface area contributed by atoms with Crippen LogP contribution < -0.4 is 15.4 Å². The number of carbonyl (C=O) groups excluding carboxylic acids is 1. The predicted molar refractivity (Wildman–Crippen MR) is 85.5 cm³/mol. The molecule has 2 aromatic rings. The number of amides is 1. The van der Waals surface area contributed by atoms with Crippen LogP contribution in [0.4, 0.5) is 11.6 Å². The van der Waals surface area contributed by atoms with Gasteiger partial charge in [-0.05, 0) is 32.9 Å². The summed E-state index contributed by atoms with van der Waals surface area (Å²) in [5.74, 6) is 0.965. The number of ether oxygens (including phenoxy) is 1. The number of aromatic nitrogens is 2. The lowest BCUT2D eigenvalue weighted by molar-refractivity contribution is 0.0919. The SMILES string of the molecule is COc1cccc(Nc2ncc(C(=O)NC(C)(C)C)cn2)c1. The van der Waals surface area contributed by atoms with Crippen LogP contribution in [-0.4, -0.2) is 28.5 Å². The van der Waals surface area contributed by atoms with E-state index in [1.165, 1.54) is 12.4 Å². The largest absolute Gasteiger partial charge is 0.497 e. The van der Waals surface area contributed by atoms with Gasteiger partial charge < -0.3 is 15.4 Å². The molecule has 1 amide bonds. The van der Waals surface area contributed by atoms with Crippen LogP contribution in [0.5, 0.6) is 5.75 Å². The summed E-state index contributed by atoms with van der Waals surface area (Å²) in [6, 6.07) is 7.44. The Morgan fingerprint density at radius 3 is 2.45 bits per heavy atom. The molecule has 0 bridgehead atoms. The first-order valence-electron chi connectivity index (χ1n) is 6.93. The Morgan fingerprint density at radius 1 is 1.18 bits per heavy atom. The summed E-state index contributed by atoms with van der Waals surface area (Å²) in [7, 11) is 1.61. The fourth-order valence-corrected chi connectivity index (χ4v) is 1.75. The van der Waals surface area contributed by atoms with E-state index in [0.717, 1.165) is 11.4 Å². The molecule has 0 unspecified atom stereocenters. The van der Waals surface area contributed by atoms with E-state index in [9.17, 15) is 4.79 Å². The molecule has 2 N–H and O–H groups in total. The summed E-state index contributed by atoms with van der Waals surface area (Å²) in [4.78, 5) is 20.3. The van der Waals surface area contributed by atoms with Gasteiger partial charge in [-0.3, -0.25) is 4.79 Å². The van der Waals surface area contributed by atoms with Gasteiger partial charge in [0.25, 0.3) is 5.91 Å². The Kier molecular flexibility index (Phi) is 4.60. The van der Waals surface area contributed by atoms with E-state index in [0.29, 0.717) is 11.5 Å². The van der Waals surface area contributed by atoms with E-state index in [1.54, 1.807) is 7.11 Å². The van der Waals surface area contributed by atoms with E-state index in [1.807, 2.05) is 45.0 Å². The minimum atomic E-state index is -0.297. The number of hydrogen-bond acceptors (Lipinski definition) is 5. The van der Waals surface area contributed by atoms with Gasteiger partial charge in [0, 0.05) is 29.7 Å². The Labute approximate surface area is 129 Å². The molecule has 0 aliphatic rings. The van der Waals surface area contributed by atoms with Crippen LogP contribution >= 0.6 is 0 Å². The molecule has 6 nitrogen and oxygen atoms in total. The molecule has 0 aliphatic carbocycles. The summed E-state index contributed by atoms with van der Waals surface area (Å²) in [5.41, 5.74) is 0.937. The standard InChI is InChI=1S/C16H20N4O2/c1-16(2,3)20-14(21)11-9-17-15(18-10-11)19-12-6-5-7-13(8-12)22-4/h5-10H,1-4H3,(H,20,21)(H,17,18,19). The first-order valence-corrected chi connectivity index (χ1v) is 6.93. The molecular formula is C16H20N4O2. The van der Waals surface area contributed by atoms with Gasteiger partial charge in [0.2, 0.25) is 5.95 Å². The van der Waals surface area contributed by atoms with Crippen LogP contribution in [0, 0.1) is 0 Å². The lowest BCUT2D eigenvalue weighted by Crippen LogP contribution is -2.40. The Bertz CT molecular complexity index is 648. The molecule has 0 aliphatic heterocycles.